The van der Waals surface area contributed by atoms with Gasteiger partial charge >= 0.3 is 0 Å². The van der Waals surface area contributed by atoms with E-state index in [0.717, 1.165) is 22.9 Å². The van der Waals surface area contributed by atoms with E-state index < -0.39 is 0 Å². The van der Waals surface area contributed by atoms with Crippen LogP contribution in [0.3, 0.4) is 0 Å². The molecule has 2 fully saturated rings. The van der Waals surface area contributed by atoms with Crippen LogP contribution >= 0.6 is 15.9 Å². The van der Waals surface area contributed by atoms with Crippen molar-refractivity contribution in [1.82, 2.24) is 14.7 Å². The van der Waals surface area contributed by atoms with Gasteiger partial charge in [0.25, 0.3) is 5.91 Å². The van der Waals surface area contributed by atoms with E-state index in [9.17, 15) is 9.59 Å². The SMILES string of the molecule is O=C(CN1CCOCC1)N1CCN(C(=O)c2cc3cc(Br)ccc3o2)CC1. The van der Waals surface area contributed by atoms with Gasteiger partial charge < -0.3 is 19.0 Å². The Morgan fingerprint density at radius 3 is 2.41 bits per heavy atom. The van der Waals surface area contributed by atoms with Crippen molar-refractivity contribution in [2.24, 2.45) is 0 Å². The van der Waals surface area contributed by atoms with Crippen molar-refractivity contribution < 1.29 is 18.7 Å². The normalized spacial score (nSPS) is 18.9. The summed E-state index contributed by atoms with van der Waals surface area (Å²) >= 11 is 3.43. The van der Waals surface area contributed by atoms with E-state index in [4.69, 9.17) is 9.15 Å². The minimum Gasteiger partial charge on any atom is -0.451 e. The predicted octanol–water partition coefficient (Wildman–Crippen LogP) is 1.81. The van der Waals surface area contributed by atoms with Crippen molar-refractivity contribution in [2.75, 3.05) is 59.0 Å². The highest BCUT2D eigenvalue weighted by Crippen LogP contribution is 2.24. The highest BCUT2D eigenvalue weighted by Gasteiger charge is 2.27. The lowest BCUT2D eigenvalue weighted by Crippen LogP contribution is -2.53. The molecular formula is C19H22BrN3O4. The highest BCUT2D eigenvalue weighted by molar-refractivity contribution is 9.10. The number of morpholine rings is 1. The summed E-state index contributed by atoms with van der Waals surface area (Å²) in [7, 11) is 0. The minimum absolute atomic E-state index is 0.123. The summed E-state index contributed by atoms with van der Waals surface area (Å²) in [6, 6.07) is 7.44. The fourth-order valence-electron chi connectivity index (χ4n) is 3.48. The first-order valence-corrected chi connectivity index (χ1v) is 9.96. The van der Waals surface area contributed by atoms with Gasteiger partial charge in [-0.3, -0.25) is 14.5 Å². The largest absolute Gasteiger partial charge is 0.451 e. The molecular weight excluding hydrogens is 414 g/mol. The number of amides is 2. The lowest BCUT2D eigenvalue weighted by Gasteiger charge is -2.36. The van der Waals surface area contributed by atoms with Gasteiger partial charge in [-0.1, -0.05) is 15.9 Å². The third kappa shape index (κ3) is 4.17. The van der Waals surface area contributed by atoms with Gasteiger partial charge in [-0.05, 0) is 24.3 Å². The molecule has 2 aromatic rings. The Morgan fingerprint density at radius 2 is 1.67 bits per heavy atom. The van der Waals surface area contributed by atoms with Crippen molar-refractivity contribution in [2.45, 2.75) is 0 Å². The van der Waals surface area contributed by atoms with Crippen LogP contribution in [0, 0.1) is 0 Å². The molecule has 144 valence electrons. The molecule has 0 atom stereocenters. The number of nitrogens with zero attached hydrogens (tertiary/aromatic N) is 3. The van der Waals surface area contributed by atoms with E-state index in [1.54, 1.807) is 11.0 Å². The van der Waals surface area contributed by atoms with Crippen LogP contribution in [0.1, 0.15) is 10.6 Å². The topological polar surface area (TPSA) is 66.2 Å². The number of carbonyl (C=O) groups excluding carboxylic acids is 2. The van der Waals surface area contributed by atoms with Crippen LogP contribution in [0.2, 0.25) is 0 Å². The quantitative estimate of drug-likeness (QED) is 0.735. The number of rotatable bonds is 3. The molecule has 2 saturated heterocycles. The molecule has 2 aliphatic heterocycles. The first-order valence-electron chi connectivity index (χ1n) is 9.16. The molecule has 0 N–H and O–H groups in total. The van der Waals surface area contributed by atoms with Crippen LogP contribution in [0.15, 0.2) is 33.2 Å². The number of hydrogen-bond donors (Lipinski definition) is 0. The Kier molecular flexibility index (Phi) is 5.47. The molecule has 8 heteroatoms. The van der Waals surface area contributed by atoms with Crippen LogP contribution < -0.4 is 0 Å². The zero-order valence-electron chi connectivity index (χ0n) is 15.0. The molecule has 0 spiro atoms. The second-order valence-corrected chi connectivity index (χ2v) is 7.77. The Hall–Kier alpha value is -1.90. The second kappa shape index (κ2) is 8.00. The van der Waals surface area contributed by atoms with Gasteiger partial charge in [0.1, 0.15) is 5.58 Å². The number of hydrogen-bond acceptors (Lipinski definition) is 5. The Morgan fingerprint density at radius 1 is 0.963 bits per heavy atom. The second-order valence-electron chi connectivity index (χ2n) is 6.85. The zero-order valence-corrected chi connectivity index (χ0v) is 16.6. The predicted molar refractivity (Wildman–Crippen MR) is 104 cm³/mol. The van der Waals surface area contributed by atoms with Crippen molar-refractivity contribution >= 4 is 38.7 Å². The molecule has 0 radical (unpaired) electrons. The maximum absolute atomic E-state index is 12.7. The van der Waals surface area contributed by atoms with Crippen LogP contribution in [0.25, 0.3) is 11.0 Å². The van der Waals surface area contributed by atoms with E-state index in [1.165, 1.54) is 0 Å². The van der Waals surface area contributed by atoms with E-state index in [0.29, 0.717) is 57.3 Å². The summed E-state index contributed by atoms with van der Waals surface area (Å²) in [6.45, 7) is 5.55. The van der Waals surface area contributed by atoms with Crippen LogP contribution in [0.4, 0.5) is 0 Å². The highest BCUT2D eigenvalue weighted by atomic mass is 79.9. The lowest BCUT2D eigenvalue weighted by molar-refractivity contribution is -0.134. The minimum atomic E-state index is -0.123. The number of fused-ring (bicyclic) bond motifs is 1. The van der Waals surface area contributed by atoms with E-state index >= 15 is 0 Å². The zero-order chi connectivity index (χ0) is 18.8. The van der Waals surface area contributed by atoms with E-state index in [-0.39, 0.29) is 11.8 Å². The van der Waals surface area contributed by atoms with Gasteiger partial charge in [0.05, 0.1) is 19.8 Å². The lowest BCUT2D eigenvalue weighted by atomic mass is 10.2. The van der Waals surface area contributed by atoms with E-state index in [1.807, 2.05) is 23.1 Å². The summed E-state index contributed by atoms with van der Waals surface area (Å²) in [5, 5.41) is 0.895. The molecule has 0 saturated carbocycles. The molecule has 0 bridgehead atoms. The first-order chi connectivity index (χ1) is 13.1. The molecule has 0 unspecified atom stereocenters. The van der Waals surface area contributed by atoms with Gasteiger partial charge in [-0.25, -0.2) is 0 Å². The first kappa shape index (κ1) is 18.5. The van der Waals surface area contributed by atoms with Crippen LogP contribution in [-0.4, -0.2) is 85.5 Å². The van der Waals surface area contributed by atoms with Crippen molar-refractivity contribution in [3.63, 3.8) is 0 Å². The molecule has 7 nitrogen and oxygen atoms in total. The number of ether oxygens (including phenoxy) is 1. The molecule has 2 amide bonds. The number of piperazine rings is 1. The molecule has 4 rings (SSSR count). The smallest absolute Gasteiger partial charge is 0.289 e. The van der Waals surface area contributed by atoms with Crippen LogP contribution in [0.5, 0.6) is 0 Å². The fraction of sp³-hybridized carbons (Fsp3) is 0.474. The molecule has 27 heavy (non-hydrogen) atoms. The van der Waals surface area contributed by atoms with E-state index in [2.05, 4.69) is 20.8 Å². The average Bonchev–Trinajstić information content (AvgIpc) is 3.11. The summed E-state index contributed by atoms with van der Waals surface area (Å²) in [5.41, 5.74) is 0.695. The summed E-state index contributed by atoms with van der Waals surface area (Å²) in [6.07, 6.45) is 0. The third-order valence-corrected chi connectivity index (χ3v) is 5.56. The summed E-state index contributed by atoms with van der Waals surface area (Å²) in [5.74, 6) is 0.344. The molecule has 1 aromatic heterocycles. The standard InChI is InChI=1S/C19H22BrN3O4/c20-15-1-2-16-14(11-15)12-17(27-16)19(25)23-5-3-22(4-6-23)18(24)13-21-7-9-26-10-8-21/h1-2,11-12H,3-10,13H2. The number of benzene rings is 1. The van der Waals surface area contributed by atoms with Gasteiger partial charge in [0.15, 0.2) is 5.76 Å². The van der Waals surface area contributed by atoms with Crippen molar-refractivity contribution in [3.8, 4) is 0 Å². The molecule has 3 heterocycles. The van der Waals surface area contributed by atoms with Gasteiger partial charge in [-0.2, -0.15) is 0 Å². The fourth-order valence-corrected chi connectivity index (χ4v) is 3.86. The third-order valence-electron chi connectivity index (χ3n) is 5.07. The maximum atomic E-state index is 12.7. The Labute approximate surface area is 165 Å². The van der Waals surface area contributed by atoms with Crippen LogP contribution in [-0.2, 0) is 9.53 Å². The number of furan rings is 1. The van der Waals surface area contributed by atoms with Crippen molar-refractivity contribution in [3.05, 3.63) is 34.5 Å². The van der Waals surface area contributed by atoms with Gasteiger partial charge in [-0.15, -0.1) is 0 Å². The Balaban J connectivity index is 1.33. The molecule has 1 aromatic carbocycles. The van der Waals surface area contributed by atoms with Gasteiger partial charge in [0, 0.05) is 49.1 Å². The number of halogens is 1. The Bertz CT molecular complexity index is 839. The number of carbonyl (C=O) groups is 2. The summed E-state index contributed by atoms with van der Waals surface area (Å²) < 4.78 is 12.0. The summed E-state index contributed by atoms with van der Waals surface area (Å²) in [4.78, 5) is 30.9. The monoisotopic (exact) mass is 435 g/mol. The van der Waals surface area contributed by atoms with Gasteiger partial charge in [0.2, 0.25) is 5.91 Å². The average molecular weight is 436 g/mol. The maximum Gasteiger partial charge on any atom is 0.289 e. The molecule has 0 aliphatic carbocycles. The molecule has 2 aliphatic rings. The van der Waals surface area contributed by atoms with Crippen molar-refractivity contribution in [1.29, 1.82) is 0 Å².